The van der Waals surface area contributed by atoms with Gasteiger partial charge in [-0.1, -0.05) is 23.8 Å². The van der Waals surface area contributed by atoms with E-state index in [1.807, 2.05) is 13.0 Å². The Morgan fingerprint density at radius 3 is 2.64 bits per heavy atom. The van der Waals surface area contributed by atoms with Crippen LogP contribution in [0.1, 0.15) is 22.8 Å². The summed E-state index contributed by atoms with van der Waals surface area (Å²) >= 11 is 0. The molecule has 6 nitrogen and oxygen atoms in total. The Morgan fingerprint density at radius 2 is 1.95 bits per heavy atom. The fraction of sp³-hybridized carbons (Fsp3) is 0.188. The average molecular weight is 300 g/mol. The van der Waals surface area contributed by atoms with Crippen molar-refractivity contribution in [3.8, 4) is 0 Å². The zero-order valence-electron chi connectivity index (χ0n) is 12.3. The van der Waals surface area contributed by atoms with E-state index < -0.39 is 10.9 Å². The van der Waals surface area contributed by atoms with Gasteiger partial charge in [0.05, 0.1) is 22.8 Å². The van der Waals surface area contributed by atoms with Crippen molar-refractivity contribution >= 4 is 23.0 Å². The quantitative estimate of drug-likeness (QED) is 0.515. The highest BCUT2D eigenvalue weighted by Crippen LogP contribution is 2.29. The predicted molar refractivity (Wildman–Crippen MR) is 83.5 cm³/mol. The molecule has 0 atom stereocenters. The summed E-state index contributed by atoms with van der Waals surface area (Å²) in [5, 5.41) is 14.0. The second-order valence-electron chi connectivity index (χ2n) is 4.67. The first-order chi connectivity index (χ1) is 10.5. The highest BCUT2D eigenvalue weighted by atomic mass is 16.6. The van der Waals surface area contributed by atoms with Crippen LogP contribution in [0.5, 0.6) is 0 Å². The zero-order chi connectivity index (χ0) is 16.1. The first kappa shape index (κ1) is 15.5. The van der Waals surface area contributed by atoms with Crippen LogP contribution in [-0.4, -0.2) is 17.5 Å². The number of carbonyl (C=O) groups excluding carboxylic acids is 1. The number of benzene rings is 2. The number of nitro groups is 1. The Labute approximate surface area is 127 Å². The number of carbonyl (C=O) groups is 1. The lowest BCUT2D eigenvalue weighted by Crippen LogP contribution is -2.08. The van der Waals surface area contributed by atoms with Crippen molar-refractivity contribution in [3.63, 3.8) is 0 Å². The standard InChI is InChI=1S/C16H16N2O4/c1-3-22-16(19)12-10-11(2)8-9-13(12)17-14-6-4-5-7-15(14)18(20)21/h4-10,17H,3H2,1-2H3. The summed E-state index contributed by atoms with van der Waals surface area (Å²) in [6, 6.07) is 11.5. The van der Waals surface area contributed by atoms with E-state index in [0.717, 1.165) is 5.56 Å². The number of nitro benzene ring substituents is 1. The molecule has 0 amide bonds. The van der Waals surface area contributed by atoms with Crippen molar-refractivity contribution in [1.29, 1.82) is 0 Å². The topological polar surface area (TPSA) is 81.5 Å². The molecule has 0 aliphatic heterocycles. The van der Waals surface area contributed by atoms with E-state index in [0.29, 0.717) is 16.9 Å². The van der Waals surface area contributed by atoms with E-state index in [9.17, 15) is 14.9 Å². The SMILES string of the molecule is CCOC(=O)c1cc(C)ccc1Nc1ccccc1[N+](=O)[O-]. The zero-order valence-corrected chi connectivity index (χ0v) is 12.3. The maximum atomic E-state index is 12.0. The normalized spacial score (nSPS) is 10.1. The second-order valence-corrected chi connectivity index (χ2v) is 4.67. The van der Waals surface area contributed by atoms with Gasteiger partial charge < -0.3 is 10.1 Å². The molecule has 0 aromatic heterocycles. The molecule has 0 spiro atoms. The van der Waals surface area contributed by atoms with Crippen molar-refractivity contribution in [2.24, 2.45) is 0 Å². The van der Waals surface area contributed by atoms with Gasteiger partial charge in [-0.2, -0.15) is 0 Å². The van der Waals surface area contributed by atoms with E-state index in [2.05, 4.69) is 5.32 Å². The molecule has 1 N–H and O–H groups in total. The van der Waals surface area contributed by atoms with Crippen LogP contribution in [0.15, 0.2) is 42.5 Å². The Kier molecular flexibility index (Phi) is 4.73. The van der Waals surface area contributed by atoms with Crippen LogP contribution in [0.3, 0.4) is 0 Å². The molecule has 0 radical (unpaired) electrons. The smallest absolute Gasteiger partial charge is 0.340 e. The molecule has 2 rings (SSSR count). The number of nitrogens with zero attached hydrogens (tertiary/aromatic N) is 1. The molecule has 0 aliphatic carbocycles. The molecule has 0 saturated carbocycles. The van der Waals surface area contributed by atoms with Gasteiger partial charge in [0.2, 0.25) is 0 Å². The summed E-state index contributed by atoms with van der Waals surface area (Å²) in [4.78, 5) is 22.6. The lowest BCUT2D eigenvalue weighted by molar-refractivity contribution is -0.383. The third-order valence-electron chi connectivity index (χ3n) is 3.04. The predicted octanol–water partition coefficient (Wildman–Crippen LogP) is 3.82. The van der Waals surface area contributed by atoms with Gasteiger partial charge in [-0.25, -0.2) is 4.79 Å². The molecule has 0 unspecified atom stereocenters. The molecular weight excluding hydrogens is 284 g/mol. The number of anilines is 2. The summed E-state index contributed by atoms with van der Waals surface area (Å²) < 4.78 is 5.03. The minimum Gasteiger partial charge on any atom is -0.462 e. The van der Waals surface area contributed by atoms with Crippen molar-refractivity contribution in [3.05, 3.63) is 63.7 Å². The molecule has 2 aromatic carbocycles. The van der Waals surface area contributed by atoms with Gasteiger partial charge in [0.15, 0.2) is 0 Å². The number of esters is 1. The van der Waals surface area contributed by atoms with Crippen LogP contribution in [-0.2, 0) is 4.74 Å². The molecule has 0 fully saturated rings. The van der Waals surface area contributed by atoms with Gasteiger partial charge >= 0.3 is 5.97 Å². The van der Waals surface area contributed by atoms with Crippen molar-refractivity contribution in [2.75, 3.05) is 11.9 Å². The van der Waals surface area contributed by atoms with Gasteiger partial charge in [0, 0.05) is 6.07 Å². The van der Waals surface area contributed by atoms with Crippen LogP contribution >= 0.6 is 0 Å². The van der Waals surface area contributed by atoms with Crippen molar-refractivity contribution in [2.45, 2.75) is 13.8 Å². The fourth-order valence-corrected chi connectivity index (χ4v) is 2.03. The summed E-state index contributed by atoms with van der Waals surface area (Å²) in [5.41, 5.74) is 1.98. The third-order valence-corrected chi connectivity index (χ3v) is 3.04. The molecule has 114 valence electrons. The Morgan fingerprint density at radius 1 is 1.23 bits per heavy atom. The number of hydrogen-bond acceptors (Lipinski definition) is 5. The lowest BCUT2D eigenvalue weighted by Gasteiger charge is -2.12. The Balaban J connectivity index is 2.42. The van der Waals surface area contributed by atoms with Gasteiger partial charge in [0.25, 0.3) is 5.69 Å². The minimum absolute atomic E-state index is 0.0575. The molecule has 0 bridgehead atoms. The fourth-order valence-electron chi connectivity index (χ4n) is 2.03. The largest absolute Gasteiger partial charge is 0.462 e. The molecule has 0 heterocycles. The van der Waals surface area contributed by atoms with Crippen molar-refractivity contribution < 1.29 is 14.5 Å². The number of aryl methyl sites for hydroxylation is 1. The van der Waals surface area contributed by atoms with Gasteiger partial charge in [-0.3, -0.25) is 10.1 Å². The number of rotatable bonds is 5. The number of nitrogens with one attached hydrogen (secondary N) is 1. The van der Waals surface area contributed by atoms with E-state index in [4.69, 9.17) is 4.74 Å². The highest BCUT2D eigenvalue weighted by molar-refractivity contribution is 5.97. The number of para-hydroxylation sites is 2. The third kappa shape index (κ3) is 3.41. The van der Waals surface area contributed by atoms with Crippen LogP contribution in [0.25, 0.3) is 0 Å². The molecule has 2 aromatic rings. The summed E-state index contributed by atoms with van der Waals surface area (Å²) in [7, 11) is 0. The van der Waals surface area contributed by atoms with Crippen LogP contribution in [0.4, 0.5) is 17.1 Å². The first-order valence-electron chi connectivity index (χ1n) is 6.81. The van der Waals surface area contributed by atoms with E-state index in [-0.39, 0.29) is 12.3 Å². The van der Waals surface area contributed by atoms with Crippen LogP contribution in [0, 0.1) is 17.0 Å². The molecular formula is C16H16N2O4. The summed E-state index contributed by atoms with van der Waals surface area (Å²) in [6.07, 6.45) is 0. The van der Waals surface area contributed by atoms with Gasteiger partial charge in [0.1, 0.15) is 5.69 Å². The van der Waals surface area contributed by atoms with E-state index in [1.54, 1.807) is 37.3 Å². The first-order valence-corrected chi connectivity index (χ1v) is 6.81. The van der Waals surface area contributed by atoms with E-state index in [1.165, 1.54) is 6.07 Å². The maximum Gasteiger partial charge on any atom is 0.340 e. The van der Waals surface area contributed by atoms with Crippen LogP contribution < -0.4 is 5.32 Å². The summed E-state index contributed by atoms with van der Waals surface area (Å²) in [6.45, 7) is 3.85. The molecule has 0 saturated heterocycles. The maximum absolute atomic E-state index is 12.0. The molecule has 0 aliphatic rings. The minimum atomic E-state index is -0.472. The molecule has 22 heavy (non-hydrogen) atoms. The number of ether oxygens (including phenoxy) is 1. The van der Waals surface area contributed by atoms with Crippen LogP contribution in [0.2, 0.25) is 0 Å². The average Bonchev–Trinajstić information content (AvgIpc) is 2.49. The molecule has 6 heteroatoms. The Bertz CT molecular complexity index is 713. The highest BCUT2D eigenvalue weighted by Gasteiger charge is 2.17. The monoisotopic (exact) mass is 300 g/mol. The number of hydrogen-bond donors (Lipinski definition) is 1. The lowest BCUT2D eigenvalue weighted by atomic mass is 10.1. The van der Waals surface area contributed by atoms with Gasteiger partial charge in [-0.15, -0.1) is 0 Å². The second kappa shape index (κ2) is 6.71. The van der Waals surface area contributed by atoms with Crippen molar-refractivity contribution in [1.82, 2.24) is 0 Å². The summed E-state index contributed by atoms with van der Waals surface area (Å²) in [5.74, 6) is -0.465. The van der Waals surface area contributed by atoms with Gasteiger partial charge in [-0.05, 0) is 32.0 Å². The Hall–Kier alpha value is -2.89. The van der Waals surface area contributed by atoms with E-state index >= 15 is 0 Å².